The molecular formula is C15H21N5O2. The van der Waals surface area contributed by atoms with E-state index in [1.807, 2.05) is 13.1 Å². The average Bonchev–Trinajstić information content (AvgIpc) is 2.92. The third kappa shape index (κ3) is 2.78. The summed E-state index contributed by atoms with van der Waals surface area (Å²) in [5.74, 6) is 2.39. The van der Waals surface area contributed by atoms with Crippen molar-refractivity contribution in [1.82, 2.24) is 25.7 Å². The molecule has 2 aromatic rings. The van der Waals surface area contributed by atoms with Gasteiger partial charge < -0.3 is 14.6 Å². The Morgan fingerprint density at radius 3 is 3.05 bits per heavy atom. The number of hydrogen-bond acceptors (Lipinski definition) is 6. The Morgan fingerprint density at radius 1 is 1.36 bits per heavy atom. The molecule has 0 radical (unpaired) electrons. The van der Waals surface area contributed by atoms with Gasteiger partial charge in [-0.2, -0.15) is 10.1 Å². The van der Waals surface area contributed by atoms with Crippen LogP contribution in [0.15, 0.2) is 10.7 Å². The number of aryl methyl sites for hydroxylation is 1. The lowest BCUT2D eigenvalue weighted by Gasteiger charge is -2.15. The zero-order valence-electron chi connectivity index (χ0n) is 12.7. The van der Waals surface area contributed by atoms with Gasteiger partial charge in [0.1, 0.15) is 6.10 Å². The van der Waals surface area contributed by atoms with Crippen molar-refractivity contribution in [3.63, 3.8) is 0 Å². The Balaban J connectivity index is 1.35. The van der Waals surface area contributed by atoms with Crippen LogP contribution in [0.2, 0.25) is 0 Å². The summed E-state index contributed by atoms with van der Waals surface area (Å²) in [7, 11) is 0. The van der Waals surface area contributed by atoms with Crippen molar-refractivity contribution >= 4 is 0 Å². The number of nitrogens with one attached hydrogen (secondary N) is 2. The van der Waals surface area contributed by atoms with Crippen LogP contribution in [0.3, 0.4) is 0 Å². The largest absolute Gasteiger partial charge is 0.368 e. The van der Waals surface area contributed by atoms with Gasteiger partial charge in [-0.15, -0.1) is 0 Å². The molecule has 2 N–H and O–H groups in total. The number of hydrogen-bond donors (Lipinski definition) is 2. The van der Waals surface area contributed by atoms with Crippen molar-refractivity contribution in [2.24, 2.45) is 5.92 Å². The van der Waals surface area contributed by atoms with E-state index in [0.29, 0.717) is 17.7 Å². The van der Waals surface area contributed by atoms with Crippen molar-refractivity contribution in [1.29, 1.82) is 0 Å². The van der Waals surface area contributed by atoms with E-state index in [4.69, 9.17) is 9.26 Å². The standard InChI is InChI=1S/C15H21N5O2/c1-9-12(8-17-19-9)7-16-6-11-4-5-21-13(11)15-18-14(20-22-15)10-2-3-10/h8,10-11,13,16H,2-7H2,1H3,(H,17,19)/t11-,13-/m0/s1. The Bertz CT molecular complexity index is 633. The van der Waals surface area contributed by atoms with E-state index >= 15 is 0 Å². The van der Waals surface area contributed by atoms with Crippen LogP contribution >= 0.6 is 0 Å². The van der Waals surface area contributed by atoms with Crippen LogP contribution in [-0.4, -0.2) is 33.5 Å². The molecule has 1 saturated carbocycles. The highest BCUT2D eigenvalue weighted by molar-refractivity contribution is 5.13. The first-order valence-electron chi connectivity index (χ1n) is 7.96. The number of H-pyrrole nitrogens is 1. The molecule has 1 aliphatic heterocycles. The fraction of sp³-hybridized carbons (Fsp3) is 0.667. The van der Waals surface area contributed by atoms with Crippen LogP contribution in [-0.2, 0) is 11.3 Å². The van der Waals surface area contributed by atoms with Gasteiger partial charge in [-0.1, -0.05) is 5.16 Å². The molecule has 0 unspecified atom stereocenters. The molecule has 4 rings (SSSR count). The molecule has 2 aromatic heterocycles. The maximum Gasteiger partial charge on any atom is 0.256 e. The van der Waals surface area contributed by atoms with Crippen LogP contribution < -0.4 is 5.32 Å². The Kier molecular flexibility index (Phi) is 3.67. The highest BCUT2D eigenvalue weighted by atomic mass is 16.5. The van der Waals surface area contributed by atoms with Crippen molar-refractivity contribution in [2.75, 3.05) is 13.2 Å². The Hall–Kier alpha value is -1.73. The normalized spacial score (nSPS) is 25.0. The van der Waals surface area contributed by atoms with Gasteiger partial charge in [0.25, 0.3) is 5.89 Å². The van der Waals surface area contributed by atoms with Crippen LogP contribution in [0.25, 0.3) is 0 Å². The van der Waals surface area contributed by atoms with Gasteiger partial charge in [0.2, 0.25) is 0 Å². The zero-order chi connectivity index (χ0) is 14.9. The van der Waals surface area contributed by atoms with Crippen molar-refractivity contribution in [3.8, 4) is 0 Å². The Morgan fingerprint density at radius 2 is 2.27 bits per heavy atom. The molecule has 0 aromatic carbocycles. The van der Waals surface area contributed by atoms with Crippen LogP contribution in [0.4, 0.5) is 0 Å². The van der Waals surface area contributed by atoms with E-state index in [-0.39, 0.29) is 6.10 Å². The summed E-state index contributed by atoms with van der Waals surface area (Å²) in [6, 6.07) is 0. The van der Waals surface area contributed by atoms with Crippen LogP contribution in [0.1, 0.15) is 54.3 Å². The molecule has 0 amide bonds. The topological polar surface area (TPSA) is 88.9 Å². The number of aromatic amines is 1. The molecule has 2 aliphatic rings. The van der Waals surface area contributed by atoms with Gasteiger partial charge in [-0.05, 0) is 26.2 Å². The summed E-state index contributed by atoms with van der Waals surface area (Å²) in [6.45, 7) is 4.46. The fourth-order valence-electron chi connectivity index (χ4n) is 2.93. The van der Waals surface area contributed by atoms with Gasteiger partial charge >= 0.3 is 0 Å². The number of ether oxygens (including phenoxy) is 1. The molecule has 2 atom stereocenters. The molecular weight excluding hydrogens is 282 g/mol. The van der Waals surface area contributed by atoms with Crippen molar-refractivity contribution in [3.05, 3.63) is 29.2 Å². The minimum atomic E-state index is -0.0713. The van der Waals surface area contributed by atoms with E-state index in [1.165, 1.54) is 18.4 Å². The van der Waals surface area contributed by atoms with Gasteiger partial charge in [-0.3, -0.25) is 5.10 Å². The number of aromatic nitrogens is 4. The third-order valence-electron chi connectivity index (χ3n) is 4.51. The number of rotatable bonds is 6. The summed E-state index contributed by atoms with van der Waals surface area (Å²) < 4.78 is 11.2. The minimum Gasteiger partial charge on any atom is -0.368 e. The van der Waals surface area contributed by atoms with Crippen molar-refractivity contribution < 1.29 is 9.26 Å². The first kappa shape index (κ1) is 13.9. The predicted molar refractivity (Wildman–Crippen MR) is 78.1 cm³/mol. The van der Waals surface area contributed by atoms with E-state index in [1.54, 1.807) is 0 Å². The van der Waals surface area contributed by atoms with E-state index in [9.17, 15) is 0 Å². The summed E-state index contributed by atoms with van der Waals surface area (Å²) in [6.07, 6.45) is 5.17. The van der Waals surface area contributed by atoms with Gasteiger partial charge in [0.05, 0.1) is 6.20 Å². The monoisotopic (exact) mass is 303 g/mol. The lowest BCUT2D eigenvalue weighted by molar-refractivity contribution is 0.0623. The predicted octanol–water partition coefficient (Wildman–Crippen LogP) is 1.85. The SMILES string of the molecule is Cc1[nH]ncc1CNC[C@@H]1CCO[C@@H]1c1nc(C2CC2)no1. The van der Waals surface area contributed by atoms with Gasteiger partial charge in [0, 0.05) is 42.8 Å². The van der Waals surface area contributed by atoms with Gasteiger partial charge in [-0.25, -0.2) is 0 Å². The smallest absolute Gasteiger partial charge is 0.256 e. The Labute approximate surface area is 128 Å². The molecule has 1 saturated heterocycles. The molecule has 1 aliphatic carbocycles. The van der Waals surface area contributed by atoms with Crippen molar-refractivity contribution in [2.45, 2.75) is 44.8 Å². The molecule has 22 heavy (non-hydrogen) atoms. The second-order valence-electron chi connectivity index (χ2n) is 6.26. The maximum absolute atomic E-state index is 5.82. The first-order chi connectivity index (χ1) is 10.8. The quantitative estimate of drug-likeness (QED) is 0.846. The third-order valence-corrected chi connectivity index (χ3v) is 4.51. The number of nitrogens with zero attached hydrogens (tertiary/aromatic N) is 3. The molecule has 2 fully saturated rings. The summed E-state index contributed by atoms with van der Waals surface area (Å²) >= 11 is 0. The summed E-state index contributed by atoms with van der Waals surface area (Å²) in [5, 5.41) is 14.6. The molecule has 0 spiro atoms. The summed E-state index contributed by atoms with van der Waals surface area (Å²) in [5.41, 5.74) is 2.31. The highest BCUT2D eigenvalue weighted by Gasteiger charge is 2.36. The second-order valence-corrected chi connectivity index (χ2v) is 6.26. The maximum atomic E-state index is 5.82. The zero-order valence-corrected chi connectivity index (χ0v) is 12.7. The van der Waals surface area contributed by atoms with Crippen LogP contribution in [0, 0.1) is 12.8 Å². The average molecular weight is 303 g/mol. The molecule has 7 heteroatoms. The minimum absolute atomic E-state index is 0.0713. The molecule has 0 bridgehead atoms. The van der Waals surface area contributed by atoms with Gasteiger partial charge in [0.15, 0.2) is 5.82 Å². The first-order valence-corrected chi connectivity index (χ1v) is 7.96. The molecule has 118 valence electrons. The summed E-state index contributed by atoms with van der Waals surface area (Å²) in [4.78, 5) is 4.53. The lowest BCUT2D eigenvalue weighted by Crippen LogP contribution is -2.24. The van der Waals surface area contributed by atoms with E-state index < -0.39 is 0 Å². The second kappa shape index (κ2) is 5.81. The fourth-order valence-corrected chi connectivity index (χ4v) is 2.93. The van der Waals surface area contributed by atoms with E-state index in [0.717, 1.165) is 37.6 Å². The van der Waals surface area contributed by atoms with E-state index in [2.05, 4.69) is 25.7 Å². The van der Waals surface area contributed by atoms with Crippen LogP contribution in [0.5, 0.6) is 0 Å². The molecule has 3 heterocycles. The highest BCUT2D eigenvalue weighted by Crippen LogP contribution is 2.40. The molecule has 7 nitrogen and oxygen atoms in total. The lowest BCUT2D eigenvalue weighted by atomic mass is 10.0.